The number of benzene rings is 3. The standard InChI is InChI=1S/C31H24ClN3O3/c1-19-28(34-25-16-23(17-33-18-25)26-4-2-3-5-27(26)32)29(38-35-19)22-8-6-20(7-9-22)21-10-12-24(13-11-21)31(14-15-31)30(36)37/h2-13,16-18,34H,14-15H2,1H3,(H,36,37). The van der Waals surface area contributed by atoms with Gasteiger partial charge in [0, 0.05) is 27.9 Å². The molecule has 1 fully saturated rings. The molecule has 38 heavy (non-hydrogen) atoms. The number of nitrogens with one attached hydrogen (secondary N) is 1. The quantitative estimate of drug-likeness (QED) is 0.226. The van der Waals surface area contributed by atoms with Crippen LogP contribution < -0.4 is 5.32 Å². The van der Waals surface area contributed by atoms with Gasteiger partial charge in [0.15, 0.2) is 5.76 Å². The van der Waals surface area contributed by atoms with Gasteiger partial charge in [0.1, 0.15) is 11.4 Å². The lowest BCUT2D eigenvalue weighted by molar-refractivity contribution is -0.140. The first kappa shape index (κ1) is 23.9. The maximum atomic E-state index is 11.6. The molecule has 2 heterocycles. The topological polar surface area (TPSA) is 88.2 Å². The molecule has 0 amide bonds. The van der Waals surface area contributed by atoms with Gasteiger partial charge in [-0.3, -0.25) is 9.78 Å². The highest BCUT2D eigenvalue weighted by molar-refractivity contribution is 6.33. The first-order valence-electron chi connectivity index (χ1n) is 12.3. The Labute approximate surface area is 224 Å². The predicted molar refractivity (Wildman–Crippen MR) is 149 cm³/mol. The Hall–Kier alpha value is -4.42. The molecular weight excluding hydrogens is 498 g/mol. The Kier molecular flexibility index (Phi) is 5.97. The van der Waals surface area contributed by atoms with E-state index in [0.29, 0.717) is 23.6 Å². The molecule has 7 heteroatoms. The Balaban J connectivity index is 1.25. The third-order valence-corrected chi connectivity index (χ3v) is 7.46. The van der Waals surface area contributed by atoms with Gasteiger partial charge in [-0.2, -0.15) is 0 Å². The van der Waals surface area contributed by atoms with Gasteiger partial charge in [-0.15, -0.1) is 0 Å². The van der Waals surface area contributed by atoms with E-state index in [0.717, 1.165) is 50.4 Å². The molecule has 1 aliphatic rings. The molecule has 0 saturated heterocycles. The summed E-state index contributed by atoms with van der Waals surface area (Å²) in [5, 5.41) is 17.8. The van der Waals surface area contributed by atoms with Crippen molar-refractivity contribution in [1.82, 2.24) is 10.1 Å². The molecule has 1 saturated carbocycles. The number of carboxylic acids is 1. The molecule has 6 rings (SSSR count). The first-order chi connectivity index (χ1) is 18.4. The van der Waals surface area contributed by atoms with Crippen molar-refractivity contribution in [3.63, 3.8) is 0 Å². The van der Waals surface area contributed by atoms with Crippen LogP contribution in [0.4, 0.5) is 11.4 Å². The van der Waals surface area contributed by atoms with Gasteiger partial charge < -0.3 is 14.9 Å². The van der Waals surface area contributed by atoms with Crippen LogP contribution in [0.3, 0.4) is 0 Å². The first-order valence-corrected chi connectivity index (χ1v) is 12.7. The molecule has 2 aromatic heterocycles. The van der Waals surface area contributed by atoms with Crippen LogP contribution in [0.15, 0.2) is 95.8 Å². The van der Waals surface area contributed by atoms with Gasteiger partial charge in [-0.1, -0.05) is 83.5 Å². The molecule has 2 N–H and O–H groups in total. The van der Waals surface area contributed by atoms with E-state index in [2.05, 4.69) is 15.5 Å². The number of carbonyl (C=O) groups is 1. The second-order valence-electron chi connectivity index (χ2n) is 9.58. The molecule has 1 aliphatic carbocycles. The van der Waals surface area contributed by atoms with Crippen LogP contribution in [-0.2, 0) is 10.2 Å². The maximum Gasteiger partial charge on any atom is 0.314 e. The summed E-state index contributed by atoms with van der Waals surface area (Å²) in [4.78, 5) is 16.0. The number of nitrogens with zero attached hydrogens (tertiary/aromatic N) is 2. The monoisotopic (exact) mass is 521 g/mol. The molecular formula is C31H24ClN3O3. The van der Waals surface area contributed by atoms with E-state index in [-0.39, 0.29) is 0 Å². The van der Waals surface area contributed by atoms with E-state index in [1.54, 1.807) is 12.4 Å². The maximum absolute atomic E-state index is 11.6. The fraction of sp³-hybridized carbons (Fsp3) is 0.129. The predicted octanol–water partition coefficient (Wildman–Crippen LogP) is 7.89. The van der Waals surface area contributed by atoms with Crippen LogP contribution in [0.1, 0.15) is 24.1 Å². The molecule has 188 valence electrons. The average Bonchev–Trinajstić information content (AvgIpc) is 3.69. The van der Waals surface area contributed by atoms with Crippen LogP contribution in [0.25, 0.3) is 33.6 Å². The second-order valence-corrected chi connectivity index (χ2v) is 9.99. The lowest BCUT2D eigenvalue weighted by Gasteiger charge is -2.11. The number of rotatable bonds is 7. The zero-order valence-electron chi connectivity index (χ0n) is 20.6. The molecule has 0 spiro atoms. The second kappa shape index (κ2) is 9.47. The van der Waals surface area contributed by atoms with Gasteiger partial charge in [-0.05, 0) is 48.6 Å². The third kappa shape index (κ3) is 4.33. The Bertz CT molecular complexity index is 1640. The van der Waals surface area contributed by atoms with Crippen molar-refractivity contribution in [3.05, 3.63) is 108 Å². The summed E-state index contributed by atoms with van der Waals surface area (Å²) in [5.74, 6) is -0.114. The van der Waals surface area contributed by atoms with E-state index >= 15 is 0 Å². The molecule has 0 unspecified atom stereocenters. The SMILES string of the molecule is Cc1noc(-c2ccc(-c3ccc(C4(C(=O)O)CC4)cc3)cc2)c1Nc1cncc(-c2ccccc2Cl)c1. The van der Waals surface area contributed by atoms with Crippen molar-refractivity contribution in [2.24, 2.45) is 0 Å². The van der Waals surface area contributed by atoms with Gasteiger partial charge >= 0.3 is 5.97 Å². The summed E-state index contributed by atoms with van der Waals surface area (Å²) in [6.45, 7) is 1.89. The number of aromatic nitrogens is 2. The summed E-state index contributed by atoms with van der Waals surface area (Å²) in [7, 11) is 0. The van der Waals surface area contributed by atoms with Crippen LogP contribution in [0.5, 0.6) is 0 Å². The fourth-order valence-electron chi connectivity index (χ4n) is 4.76. The number of anilines is 2. The highest BCUT2D eigenvalue weighted by Gasteiger charge is 2.51. The van der Waals surface area contributed by atoms with Gasteiger partial charge in [0.2, 0.25) is 0 Å². The lowest BCUT2D eigenvalue weighted by atomic mass is 9.93. The molecule has 5 aromatic rings. The minimum Gasteiger partial charge on any atom is -0.481 e. The van der Waals surface area contributed by atoms with Gasteiger partial charge in [0.05, 0.1) is 17.3 Å². The lowest BCUT2D eigenvalue weighted by Crippen LogP contribution is -2.19. The van der Waals surface area contributed by atoms with E-state index in [9.17, 15) is 9.90 Å². The van der Waals surface area contributed by atoms with Crippen molar-refractivity contribution in [1.29, 1.82) is 0 Å². The molecule has 0 atom stereocenters. The summed E-state index contributed by atoms with van der Waals surface area (Å²) in [5.41, 5.74) is 7.21. The average molecular weight is 522 g/mol. The minimum atomic E-state index is -0.743. The largest absolute Gasteiger partial charge is 0.481 e. The van der Waals surface area contributed by atoms with E-state index in [1.807, 2.05) is 85.8 Å². The number of hydrogen-bond donors (Lipinski definition) is 2. The number of carboxylic acid groups (broad SMARTS) is 1. The summed E-state index contributed by atoms with van der Waals surface area (Å²) >= 11 is 6.39. The molecule has 0 aliphatic heterocycles. The van der Waals surface area contributed by atoms with Crippen molar-refractivity contribution in [2.75, 3.05) is 5.32 Å². The highest BCUT2D eigenvalue weighted by atomic mass is 35.5. The van der Waals surface area contributed by atoms with Crippen LogP contribution in [0, 0.1) is 6.92 Å². The summed E-state index contributed by atoms with van der Waals surface area (Å²) < 4.78 is 5.71. The number of aliphatic carboxylic acids is 1. The number of aryl methyl sites for hydroxylation is 1. The molecule has 0 bridgehead atoms. The van der Waals surface area contributed by atoms with Gasteiger partial charge in [-0.25, -0.2) is 0 Å². The van der Waals surface area contributed by atoms with Crippen LogP contribution in [0.2, 0.25) is 5.02 Å². The van der Waals surface area contributed by atoms with Crippen molar-refractivity contribution < 1.29 is 14.4 Å². The zero-order valence-corrected chi connectivity index (χ0v) is 21.4. The number of pyridine rings is 1. The Morgan fingerprint density at radius 1 is 0.921 bits per heavy atom. The molecule has 0 radical (unpaired) electrons. The van der Waals surface area contributed by atoms with E-state index in [1.165, 1.54) is 0 Å². The number of hydrogen-bond acceptors (Lipinski definition) is 5. The van der Waals surface area contributed by atoms with Gasteiger partial charge in [0.25, 0.3) is 0 Å². The fourth-order valence-corrected chi connectivity index (χ4v) is 5.00. The van der Waals surface area contributed by atoms with E-state index < -0.39 is 11.4 Å². The summed E-state index contributed by atoms with van der Waals surface area (Å²) in [6.07, 6.45) is 4.93. The van der Waals surface area contributed by atoms with Crippen molar-refractivity contribution >= 4 is 28.9 Å². The summed E-state index contributed by atoms with van der Waals surface area (Å²) in [6, 6.07) is 25.5. The molecule has 3 aromatic carbocycles. The van der Waals surface area contributed by atoms with Crippen molar-refractivity contribution in [2.45, 2.75) is 25.2 Å². The van der Waals surface area contributed by atoms with Crippen LogP contribution in [-0.4, -0.2) is 21.2 Å². The number of halogens is 1. The van der Waals surface area contributed by atoms with E-state index in [4.69, 9.17) is 16.1 Å². The van der Waals surface area contributed by atoms with Crippen LogP contribution >= 0.6 is 11.6 Å². The Morgan fingerprint density at radius 3 is 2.24 bits per heavy atom. The van der Waals surface area contributed by atoms with Crippen molar-refractivity contribution in [3.8, 4) is 33.6 Å². The minimum absolute atomic E-state index is 0.629. The highest BCUT2D eigenvalue weighted by Crippen LogP contribution is 2.48. The Morgan fingerprint density at radius 2 is 1.58 bits per heavy atom. The normalized spacial score (nSPS) is 13.7. The molecule has 6 nitrogen and oxygen atoms in total. The third-order valence-electron chi connectivity index (χ3n) is 7.13. The smallest absolute Gasteiger partial charge is 0.314 e. The zero-order chi connectivity index (χ0) is 26.3.